The Morgan fingerprint density at radius 3 is 2.59 bits per heavy atom. The zero-order chi connectivity index (χ0) is 18.8. The van der Waals surface area contributed by atoms with Crippen molar-refractivity contribution < 1.29 is 4.74 Å². The summed E-state index contributed by atoms with van der Waals surface area (Å²) in [6, 6.07) is 8.98. The Morgan fingerprint density at radius 1 is 1.26 bits per heavy atom. The van der Waals surface area contributed by atoms with Crippen LogP contribution in [0, 0.1) is 0 Å². The standard InChI is InChI=1S/C20H35N5O.HI/c1-17(2)24(3)16-19-8-5-4-7-18(19)15-23-20(21)22-9-6-10-25-11-13-26-14-12-25;/h4-5,7-8,17H,6,9-16H2,1-3H3,(H3,21,22,23);1H. The number of nitrogens with two attached hydrogens (primary N) is 1. The summed E-state index contributed by atoms with van der Waals surface area (Å²) in [7, 11) is 2.15. The smallest absolute Gasteiger partial charge is 0.188 e. The van der Waals surface area contributed by atoms with Crippen molar-refractivity contribution in [2.24, 2.45) is 10.7 Å². The third kappa shape index (κ3) is 9.23. The number of nitrogens with zero attached hydrogens (tertiary/aromatic N) is 3. The first-order valence-corrected chi connectivity index (χ1v) is 9.67. The second-order valence-electron chi connectivity index (χ2n) is 7.21. The molecule has 1 aliphatic rings. The predicted octanol–water partition coefficient (Wildman–Crippen LogP) is 2.27. The van der Waals surface area contributed by atoms with Gasteiger partial charge in [-0.25, -0.2) is 4.99 Å². The van der Waals surface area contributed by atoms with Crippen LogP contribution in [0.15, 0.2) is 29.3 Å². The normalized spacial score (nSPS) is 15.8. The number of halogens is 1. The van der Waals surface area contributed by atoms with E-state index in [2.05, 4.69) is 65.3 Å². The summed E-state index contributed by atoms with van der Waals surface area (Å²) >= 11 is 0. The van der Waals surface area contributed by atoms with E-state index < -0.39 is 0 Å². The third-order valence-electron chi connectivity index (χ3n) is 4.90. The van der Waals surface area contributed by atoms with Crippen LogP contribution in [0.2, 0.25) is 0 Å². The van der Waals surface area contributed by atoms with Crippen LogP contribution >= 0.6 is 24.0 Å². The molecule has 2 rings (SSSR count). The average Bonchev–Trinajstić information content (AvgIpc) is 2.65. The molecule has 27 heavy (non-hydrogen) atoms. The minimum absolute atomic E-state index is 0. The molecule has 0 spiro atoms. The highest BCUT2D eigenvalue weighted by Gasteiger charge is 2.09. The van der Waals surface area contributed by atoms with Crippen molar-refractivity contribution in [3.8, 4) is 0 Å². The second-order valence-corrected chi connectivity index (χ2v) is 7.21. The minimum atomic E-state index is 0. The average molecular weight is 489 g/mol. The van der Waals surface area contributed by atoms with Crippen LogP contribution in [0.5, 0.6) is 0 Å². The summed E-state index contributed by atoms with van der Waals surface area (Å²) in [6.45, 7) is 11.7. The number of rotatable bonds is 9. The van der Waals surface area contributed by atoms with Gasteiger partial charge in [0.25, 0.3) is 0 Å². The van der Waals surface area contributed by atoms with Gasteiger partial charge in [0.05, 0.1) is 19.8 Å². The molecule has 1 aliphatic heterocycles. The van der Waals surface area contributed by atoms with E-state index in [0.29, 0.717) is 18.5 Å². The van der Waals surface area contributed by atoms with Gasteiger partial charge in [-0.15, -0.1) is 24.0 Å². The van der Waals surface area contributed by atoms with Crippen LogP contribution in [0.25, 0.3) is 0 Å². The number of nitrogens with one attached hydrogen (secondary N) is 1. The van der Waals surface area contributed by atoms with Crippen molar-refractivity contribution in [2.45, 2.75) is 39.4 Å². The molecule has 0 amide bonds. The first kappa shape index (κ1) is 24.1. The van der Waals surface area contributed by atoms with Gasteiger partial charge in [0, 0.05) is 32.2 Å². The van der Waals surface area contributed by atoms with Gasteiger partial charge in [0.1, 0.15) is 0 Å². The topological polar surface area (TPSA) is 66.1 Å². The maximum atomic E-state index is 6.04. The number of ether oxygens (including phenoxy) is 1. The van der Waals surface area contributed by atoms with E-state index >= 15 is 0 Å². The van der Waals surface area contributed by atoms with Crippen molar-refractivity contribution in [3.63, 3.8) is 0 Å². The Balaban J connectivity index is 0.00000364. The molecule has 3 N–H and O–H groups in total. The maximum absolute atomic E-state index is 6.04. The van der Waals surface area contributed by atoms with E-state index in [1.807, 2.05) is 0 Å². The fraction of sp³-hybridized carbons (Fsp3) is 0.650. The largest absolute Gasteiger partial charge is 0.379 e. The van der Waals surface area contributed by atoms with E-state index in [9.17, 15) is 0 Å². The molecule has 6 nitrogen and oxygen atoms in total. The molecule has 0 radical (unpaired) electrons. The lowest BCUT2D eigenvalue weighted by Gasteiger charge is -2.26. The number of guanidine groups is 1. The molecule has 0 atom stereocenters. The maximum Gasteiger partial charge on any atom is 0.188 e. The number of aliphatic imine (C=N–C) groups is 1. The van der Waals surface area contributed by atoms with Crippen LogP contribution in [0.1, 0.15) is 31.4 Å². The zero-order valence-electron chi connectivity index (χ0n) is 17.0. The lowest BCUT2D eigenvalue weighted by atomic mass is 10.1. The number of morpholine rings is 1. The molecule has 7 heteroatoms. The number of benzene rings is 1. The highest BCUT2D eigenvalue weighted by Crippen LogP contribution is 2.13. The second kappa shape index (κ2) is 13.3. The molecule has 0 saturated carbocycles. The highest BCUT2D eigenvalue weighted by atomic mass is 127. The molecule has 1 heterocycles. The third-order valence-corrected chi connectivity index (χ3v) is 4.90. The van der Waals surface area contributed by atoms with Crippen molar-refractivity contribution in [2.75, 3.05) is 46.4 Å². The quantitative estimate of drug-likeness (QED) is 0.241. The van der Waals surface area contributed by atoms with Crippen LogP contribution in [-0.2, 0) is 17.8 Å². The van der Waals surface area contributed by atoms with Crippen LogP contribution < -0.4 is 11.1 Å². The van der Waals surface area contributed by atoms with Crippen LogP contribution in [0.4, 0.5) is 0 Å². The first-order chi connectivity index (χ1) is 12.6. The molecule has 0 unspecified atom stereocenters. The zero-order valence-corrected chi connectivity index (χ0v) is 19.3. The molecule has 1 saturated heterocycles. The summed E-state index contributed by atoms with van der Waals surface area (Å²) in [5, 5.41) is 3.23. The van der Waals surface area contributed by atoms with E-state index in [1.54, 1.807) is 0 Å². The van der Waals surface area contributed by atoms with Crippen LogP contribution in [0.3, 0.4) is 0 Å². The van der Waals surface area contributed by atoms with Gasteiger partial charge in [-0.3, -0.25) is 9.80 Å². The molecule has 1 aromatic rings. The van der Waals surface area contributed by atoms with E-state index in [0.717, 1.165) is 52.4 Å². The SMILES string of the molecule is CC(C)N(C)Cc1ccccc1CN=C(N)NCCCN1CCOCC1.I. The molecule has 1 fully saturated rings. The van der Waals surface area contributed by atoms with Gasteiger partial charge in [-0.2, -0.15) is 0 Å². The predicted molar refractivity (Wildman–Crippen MR) is 124 cm³/mol. The molecule has 0 aromatic heterocycles. The van der Waals surface area contributed by atoms with Gasteiger partial charge in [0.2, 0.25) is 0 Å². The van der Waals surface area contributed by atoms with Crippen LogP contribution in [-0.4, -0.2) is 68.2 Å². The van der Waals surface area contributed by atoms with Crippen molar-refractivity contribution in [1.29, 1.82) is 0 Å². The number of hydrogen-bond acceptors (Lipinski definition) is 4. The van der Waals surface area contributed by atoms with Crippen molar-refractivity contribution in [3.05, 3.63) is 35.4 Å². The lowest BCUT2D eigenvalue weighted by molar-refractivity contribution is 0.0376. The molecule has 0 aliphatic carbocycles. The van der Waals surface area contributed by atoms with E-state index in [1.165, 1.54) is 11.1 Å². The fourth-order valence-corrected chi connectivity index (χ4v) is 2.89. The fourth-order valence-electron chi connectivity index (χ4n) is 2.89. The van der Waals surface area contributed by atoms with Gasteiger partial charge in [0.15, 0.2) is 5.96 Å². The summed E-state index contributed by atoms with van der Waals surface area (Å²) in [5.74, 6) is 0.527. The molecular formula is C20H36IN5O. The minimum Gasteiger partial charge on any atom is -0.379 e. The summed E-state index contributed by atoms with van der Waals surface area (Å²) in [4.78, 5) is 9.28. The number of hydrogen-bond donors (Lipinski definition) is 2. The molecular weight excluding hydrogens is 453 g/mol. The van der Waals surface area contributed by atoms with E-state index in [-0.39, 0.29) is 24.0 Å². The van der Waals surface area contributed by atoms with Gasteiger partial charge >= 0.3 is 0 Å². The van der Waals surface area contributed by atoms with Gasteiger partial charge < -0.3 is 15.8 Å². The molecule has 0 bridgehead atoms. The van der Waals surface area contributed by atoms with Crippen molar-refractivity contribution in [1.82, 2.24) is 15.1 Å². The van der Waals surface area contributed by atoms with E-state index in [4.69, 9.17) is 10.5 Å². The Kier molecular flexibility index (Phi) is 11.9. The Hall–Kier alpha value is -0.900. The Morgan fingerprint density at radius 2 is 1.93 bits per heavy atom. The Bertz CT molecular complexity index is 561. The highest BCUT2D eigenvalue weighted by molar-refractivity contribution is 14.0. The molecule has 1 aromatic carbocycles. The van der Waals surface area contributed by atoms with Gasteiger partial charge in [-0.05, 0) is 45.0 Å². The molecule has 154 valence electrons. The summed E-state index contributed by atoms with van der Waals surface area (Å²) in [5.41, 5.74) is 8.58. The van der Waals surface area contributed by atoms with Crippen molar-refractivity contribution >= 4 is 29.9 Å². The summed E-state index contributed by atoms with van der Waals surface area (Å²) < 4.78 is 5.37. The summed E-state index contributed by atoms with van der Waals surface area (Å²) in [6.07, 6.45) is 1.06. The first-order valence-electron chi connectivity index (χ1n) is 9.67. The monoisotopic (exact) mass is 489 g/mol. The van der Waals surface area contributed by atoms with Gasteiger partial charge in [-0.1, -0.05) is 24.3 Å². The Labute approximate surface area is 181 Å². The lowest BCUT2D eigenvalue weighted by Crippen LogP contribution is -2.39.